The van der Waals surface area contributed by atoms with E-state index >= 15 is 0 Å². The maximum Gasteiger partial charge on any atom is 0.141 e. The van der Waals surface area contributed by atoms with Crippen molar-refractivity contribution in [1.29, 1.82) is 0 Å². The Hall–Kier alpha value is -1.94. The fourth-order valence-corrected chi connectivity index (χ4v) is 1.62. The van der Waals surface area contributed by atoms with Gasteiger partial charge in [0.05, 0.1) is 6.20 Å². The molecule has 1 aromatic heterocycles. The molecule has 0 aliphatic heterocycles. The third kappa shape index (κ3) is 3.53. The van der Waals surface area contributed by atoms with Crippen molar-refractivity contribution in [2.45, 2.75) is 13.0 Å². The summed E-state index contributed by atoms with van der Waals surface area (Å²) in [7, 11) is 0. The Morgan fingerprint density at radius 3 is 2.56 bits per heavy atom. The highest BCUT2D eigenvalue weighted by Gasteiger charge is 1.99. The van der Waals surface area contributed by atoms with Crippen LogP contribution in [-0.2, 0) is 13.0 Å². The van der Waals surface area contributed by atoms with Crippen LogP contribution >= 0.6 is 0 Å². The highest BCUT2D eigenvalue weighted by atomic mass is 19.1. The molecule has 1 aromatic carbocycles. The largest absolute Gasteiger partial charge is 0.489 e. The number of hydrogen-bond donors (Lipinski definition) is 1. The van der Waals surface area contributed by atoms with Gasteiger partial charge >= 0.3 is 0 Å². The van der Waals surface area contributed by atoms with E-state index in [0.29, 0.717) is 18.7 Å². The number of ether oxygens (including phenoxy) is 1. The average Bonchev–Trinajstić information content (AvgIpc) is 2.38. The van der Waals surface area contributed by atoms with Crippen molar-refractivity contribution in [3.05, 3.63) is 59.7 Å². The van der Waals surface area contributed by atoms with Gasteiger partial charge in [-0.05, 0) is 36.7 Å². The topological polar surface area (TPSA) is 48.1 Å². The number of benzene rings is 1. The molecule has 1 heterocycles. The average molecular weight is 246 g/mol. The minimum absolute atomic E-state index is 0.307. The van der Waals surface area contributed by atoms with Crippen molar-refractivity contribution >= 4 is 0 Å². The van der Waals surface area contributed by atoms with Gasteiger partial charge in [-0.25, -0.2) is 4.39 Å². The van der Waals surface area contributed by atoms with Gasteiger partial charge in [0.2, 0.25) is 0 Å². The van der Waals surface area contributed by atoms with Crippen molar-refractivity contribution < 1.29 is 9.13 Å². The van der Waals surface area contributed by atoms with Crippen LogP contribution in [0.3, 0.4) is 0 Å². The molecule has 0 amide bonds. The zero-order valence-electron chi connectivity index (χ0n) is 9.97. The quantitative estimate of drug-likeness (QED) is 0.880. The van der Waals surface area contributed by atoms with Crippen molar-refractivity contribution in [2.24, 2.45) is 5.73 Å². The molecule has 0 aliphatic carbocycles. The lowest BCUT2D eigenvalue weighted by molar-refractivity contribution is 0.305. The molecule has 2 aromatic rings. The van der Waals surface area contributed by atoms with E-state index in [1.54, 1.807) is 6.20 Å². The first-order chi connectivity index (χ1) is 8.78. The highest BCUT2D eigenvalue weighted by molar-refractivity contribution is 5.27. The molecule has 0 bridgehead atoms. The minimum Gasteiger partial charge on any atom is -0.489 e. The molecule has 0 saturated carbocycles. The van der Waals surface area contributed by atoms with E-state index < -0.39 is 0 Å². The third-order valence-electron chi connectivity index (χ3n) is 2.52. The van der Waals surface area contributed by atoms with Crippen LogP contribution in [0.25, 0.3) is 0 Å². The van der Waals surface area contributed by atoms with Crippen LogP contribution in [0.5, 0.6) is 5.75 Å². The van der Waals surface area contributed by atoms with E-state index in [2.05, 4.69) is 4.98 Å². The zero-order valence-corrected chi connectivity index (χ0v) is 9.97. The summed E-state index contributed by atoms with van der Waals surface area (Å²) in [5.41, 5.74) is 7.36. The van der Waals surface area contributed by atoms with E-state index in [1.807, 2.05) is 24.3 Å². The first-order valence-electron chi connectivity index (χ1n) is 5.79. The van der Waals surface area contributed by atoms with Gasteiger partial charge in [0.1, 0.15) is 18.2 Å². The number of aromatic nitrogens is 1. The first kappa shape index (κ1) is 12.5. The SMILES string of the molecule is NCCc1ccc(OCc2cncc(F)c2)cc1. The summed E-state index contributed by atoms with van der Waals surface area (Å²) in [6, 6.07) is 9.14. The molecule has 0 radical (unpaired) electrons. The molecule has 0 atom stereocenters. The molecule has 4 heteroatoms. The second kappa shape index (κ2) is 6.12. The maximum absolute atomic E-state index is 12.9. The van der Waals surface area contributed by atoms with Gasteiger partial charge in [-0.15, -0.1) is 0 Å². The lowest BCUT2D eigenvalue weighted by Gasteiger charge is -2.07. The molecular weight excluding hydrogens is 231 g/mol. The van der Waals surface area contributed by atoms with Crippen LogP contribution in [0.15, 0.2) is 42.7 Å². The molecule has 18 heavy (non-hydrogen) atoms. The number of hydrogen-bond acceptors (Lipinski definition) is 3. The second-order valence-corrected chi connectivity index (χ2v) is 3.98. The summed E-state index contributed by atoms with van der Waals surface area (Å²) in [6.07, 6.45) is 3.62. The van der Waals surface area contributed by atoms with E-state index in [4.69, 9.17) is 10.5 Å². The van der Waals surface area contributed by atoms with Gasteiger partial charge in [0.25, 0.3) is 0 Å². The summed E-state index contributed by atoms with van der Waals surface area (Å²) in [6.45, 7) is 0.941. The summed E-state index contributed by atoms with van der Waals surface area (Å²) in [4.78, 5) is 3.77. The van der Waals surface area contributed by atoms with Gasteiger partial charge < -0.3 is 10.5 Å². The molecule has 0 saturated heterocycles. The molecule has 0 unspecified atom stereocenters. The Balaban J connectivity index is 1.93. The van der Waals surface area contributed by atoms with Gasteiger partial charge in [-0.2, -0.15) is 0 Å². The standard InChI is InChI=1S/C14H15FN2O/c15-13-7-12(8-17-9-13)10-18-14-3-1-11(2-4-14)5-6-16/h1-4,7-9H,5-6,10,16H2. The summed E-state index contributed by atoms with van der Waals surface area (Å²) >= 11 is 0. The molecular formula is C14H15FN2O. The van der Waals surface area contributed by atoms with Gasteiger partial charge in [0, 0.05) is 11.8 Å². The molecule has 0 spiro atoms. The van der Waals surface area contributed by atoms with E-state index in [0.717, 1.165) is 12.2 Å². The van der Waals surface area contributed by atoms with Crippen molar-refractivity contribution in [2.75, 3.05) is 6.54 Å². The summed E-state index contributed by atoms with van der Waals surface area (Å²) in [5, 5.41) is 0. The van der Waals surface area contributed by atoms with E-state index in [9.17, 15) is 4.39 Å². The fraction of sp³-hybridized carbons (Fsp3) is 0.214. The predicted octanol–water partition coefficient (Wildman–Crippen LogP) is 2.30. The number of nitrogens with zero attached hydrogens (tertiary/aromatic N) is 1. The van der Waals surface area contributed by atoms with Crippen molar-refractivity contribution in [3.63, 3.8) is 0 Å². The number of halogens is 1. The third-order valence-corrected chi connectivity index (χ3v) is 2.52. The zero-order chi connectivity index (χ0) is 12.8. The van der Waals surface area contributed by atoms with Crippen LogP contribution in [0.2, 0.25) is 0 Å². The monoisotopic (exact) mass is 246 g/mol. The van der Waals surface area contributed by atoms with Crippen LogP contribution in [0.4, 0.5) is 4.39 Å². The Morgan fingerprint density at radius 1 is 1.11 bits per heavy atom. The molecule has 2 rings (SSSR count). The number of pyridine rings is 1. The number of nitrogens with two attached hydrogens (primary N) is 1. The van der Waals surface area contributed by atoms with E-state index in [-0.39, 0.29) is 5.82 Å². The normalized spacial score (nSPS) is 10.3. The summed E-state index contributed by atoms with van der Waals surface area (Å²) < 4.78 is 18.4. The Labute approximate surface area is 105 Å². The maximum atomic E-state index is 12.9. The molecule has 0 fully saturated rings. The van der Waals surface area contributed by atoms with Crippen LogP contribution in [0.1, 0.15) is 11.1 Å². The lowest BCUT2D eigenvalue weighted by Crippen LogP contribution is -2.02. The van der Waals surface area contributed by atoms with Crippen LogP contribution in [0, 0.1) is 5.82 Å². The molecule has 3 nitrogen and oxygen atoms in total. The van der Waals surface area contributed by atoms with Crippen molar-refractivity contribution in [1.82, 2.24) is 4.98 Å². The molecule has 94 valence electrons. The Kier molecular flexibility index (Phi) is 4.25. The van der Waals surface area contributed by atoms with Gasteiger partial charge in [-0.3, -0.25) is 4.98 Å². The summed E-state index contributed by atoms with van der Waals surface area (Å²) in [5.74, 6) is 0.398. The minimum atomic E-state index is -0.352. The first-order valence-corrected chi connectivity index (χ1v) is 5.79. The smallest absolute Gasteiger partial charge is 0.141 e. The van der Waals surface area contributed by atoms with Gasteiger partial charge in [-0.1, -0.05) is 12.1 Å². The van der Waals surface area contributed by atoms with E-state index in [1.165, 1.54) is 17.8 Å². The number of rotatable bonds is 5. The Morgan fingerprint density at radius 2 is 1.89 bits per heavy atom. The predicted molar refractivity (Wildman–Crippen MR) is 67.7 cm³/mol. The molecule has 0 aliphatic rings. The second-order valence-electron chi connectivity index (χ2n) is 3.98. The van der Waals surface area contributed by atoms with Crippen LogP contribution in [-0.4, -0.2) is 11.5 Å². The molecule has 2 N–H and O–H groups in total. The highest BCUT2D eigenvalue weighted by Crippen LogP contribution is 2.14. The lowest BCUT2D eigenvalue weighted by atomic mass is 10.1. The Bertz CT molecular complexity index is 499. The van der Waals surface area contributed by atoms with Crippen LogP contribution < -0.4 is 10.5 Å². The fourth-order valence-electron chi connectivity index (χ4n) is 1.62. The van der Waals surface area contributed by atoms with Crippen molar-refractivity contribution in [3.8, 4) is 5.75 Å². The van der Waals surface area contributed by atoms with Gasteiger partial charge in [0.15, 0.2) is 0 Å².